The molecule has 3 nitrogen and oxygen atoms in total. The fraction of sp³-hybridized carbons (Fsp3) is 0.400. The van der Waals surface area contributed by atoms with Crippen molar-refractivity contribution in [3.8, 4) is 0 Å². The van der Waals surface area contributed by atoms with Gasteiger partial charge in [-0.25, -0.2) is 9.97 Å². The molecule has 0 spiro atoms. The zero-order valence-electron chi connectivity index (χ0n) is 8.48. The molecule has 0 fully saturated rings. The Labute approximate surface area is 97.8 Å². The molecule has 0 saturated heterocycles. The number of hydrogen-bond acceptors (Lipinski definition) is 3. The zero-order chi connectivity index (χ0) is 10.7. The Kier molecular flexibility index (Phi) is 3.38. The van der Waals surface area contributed by atoms with E-state index >= 15 is 0 Å². The summed E-state index contributed by atoms with van der Waals surface area (Å²) in [6.45, 7) is 2.92. The predicted molar refractivity (Wildman–Crippen MR) is 62.3 cm³/mol. The number of nitrogens with zero attached hydrogens (tertiary/aromatic N) is 3. The fourth-order valence-corrected chi connectivity index (χ4v) is 2.29. The molecule has 0 radical (unpaired) electrons. The van der Waals surface area contributed by atoms with Gasteiger partial charge in [0.2, 0.25) is 0 Å². The highest BCUT2D eigenvalue weighted by Crippen LogP contribution is 2.10. The summed E-state index contributed by atoms with van der Waals surface area (Å²) in [5.41, 5.74) is 2.20. The molecule has 0 aliphatic heterocycles. The lowest BCUT2D eigenvalue weighted by Crippen LogP contribution is -2.03. The molecule has 15 heavy (non-hydrogen) atoms. The van der Waals surface area contributed by atoms with Gasteiger partial charge >= 0.3 is 0 Å². The van der Waals surface area contributed by atoms with Gasteiger partial charge in [0.1, 0.15) is 0 Å². The van der Waals surface area contributed by atoms with Crippen molar-refractivity contribution in [1.29, 1.82) is 0 Å². The highest BCUT2D eigenvalue weighted by atomic mass is 35.5. The minimum absolute atomic E-state index is 0.510. The maximum atomic E-state index is 5.78. The lowest BCUT2D eigenvalue weighted by atomic mass is 10.3. The summed E-state index contributed by atoms with van der Waals surface area (Å²) < 4.78 is 2.07. The molecule has 0 saturated carbocycles. The van der Waals surface area contributed by atoms with Crippen LogP contribution in [-0.2, 0) is 18.8 Å². The number of thiazole rings is 1. The molecule has 0 amide bonds. The minimum Gasteiger partial charge on any atom is -0.333 e. The molecule has 5 heteroatoms. The topological polar surface area (TPSA) is 30.7 Å². The van der Waals surface area contributed by atoms with E-state index < -0.39 is 0 Å². The number of halogens is 1. The van der Waals surface area contributed by atoms with Crippen LogP contribution in [-0.4, -0.2) is 14.5 Å². The summed E-state index contributed by atoms with van der Waals surface area (Å²) in [5, 5.41) is 3.22. The lowest BCUT2D eigenvalue weighted by molar-refractivity contribution is 0.666. The van der Waals surface area contributed by atoms with Crippen LogP contribution in [0.2, 0.25) is 0 Å². The number of imidazole rings is 1. The third-order valence-corrected chi connectivity index (χ3v) is 3.31. The maximum absolute atomic E-state index is 5.78. The molecular weight excluding hydrogens is 230 g/mol. The first-order chi connectivity index (χ1) is 7.29. The Bertz CT molecular complexity index is 435. The second kappa shape index (κ2) is 4.77. The molecule has 2 aromatic heterocycles. The lowest BCUT2D eigenvalue weighted by Gasteiger charge is -2.03. The summed E-state index contributed by atoms with van der Waals surface area (Å²) in [6, 6.07) is 0. The Morgan fingerprint density at radius 3 is 3.07 bits per heavy atom. The van der Waals surface area contributed by atoms with Crippen molar-refractivity contribution in [3.05, 3.63) is 34.3 Å². The van der Waals surface area contributed by atoms with Crippen LogP contribution in [0.15, 0.2) is 17.9 Å². The van der Waals surface area contributed by atoms with Gasteiger partial charge in [0.25, 0.3) is 0 Å². The van der Waals surface area contributed by atoms with Crippen molar-refractivity contribution in [2.75, 3.05) is 0 Å². The summed E-state index contributed by atoms with van der Waals surface area (Å²) >= 11 is 7.47. The number of alkyl halides is 1. The second-order valence-electron chi connectivity index (χ2n) is 3.32. The molecule has 2 rings (SSSR count). The summed E-state index contributed by atoms with van der Waals surface area (Å²) in [6.07, 6.45) is 4.56. The van der Waals surface area contributed by atoms with Crippen molar-refractivity contribution in [1.82, 2.24) is 14.5 Å². The van der Waals surface area contributed by atoms with E-state index in [1.165, 1.54) is 0 Å². The molecule has 0 atom stereocenters. The third-order valence-electron chi connectivity index (χ3n) is 2.21. The largest absolute Gasteiger partial charge is 0.333 e. The smallest absolute Gasteiger partial charge is 0.0948 e. The van der Waals surface area contributed by atoms with E-state index in [0.29, 0.717) is 5.88 Å². The highest BCUT2D eigenvalue weighted by Gasteiger charge is 2.02. The van der Waals surface area contributed by atoms with E-state index in [0.717, 1.165) is 29.4 Å². The van der Waals surface area contributed by atoms with E-state index in [1.54, 1.807) is 17.5 Å². The monoisotopic (exact) mass is 241 g/mol. The first-order valence-electron chi connectivity index (χ1n) is 4.75. The quantitative estimate of drug-likeness (QED) is 0.771. The SMILES string of the molecule is Cc1nc(CCn2cncc2CCl)cs1. The first-order valence-corrected chi connectivity index (χ1v) is 6.17. The van der Waals surface area contributed by atoms with Crippen LogP contribution in [0.4, 0.5) is 0 Å². The van der Waals surface area contributed by atoms with E-state index in [4.69, 9.17) is 11.6 Å². The van der Waals surface area contributed by atoms with Gasteiger partial charge in [-0.1, -0.05) is 0 Å². The van der Waals surface area contributed by atoms with Crippen LogP contribution >= 0.6 is 22.9 Å². The van der Waals surface area contributed by atoms with Gasteiger partial charge in [0, 0.05) is 24.5 Å². The molecule has 0 aliphatic rings. The Morgan fingerprint density at radius 1 is 1.53 bits per heavy atom. The number of rotatable bonds is 4. The van der Waals surface area contributed by atoms with E-state index in [-0.39, 0.29) is 0 Å². The van der Waals surface area contributed by atoms with Crippen molar-refractivity contribution >= 4 is 22.9 Å². The molecule has 0 bridgehead atoms. The van der Waals surface area contributed by atoms with Gasteiger partial charge in [-0.05, 0) is 6.92 Å². The van der Waals surface area contributed by atoms with Crippen LogP contribution in [0.5, 0.6) is 0 Å². The molecule has 0 aliphatic carbocycles. The van der Waals surface area contributed by atoms with Crippen LogP contribution in [0.25, 0.3) is 0 Å². The first kappa shape index (κ1) is 10.6. The molecule has 0 aromatic carbocycles. The predicted octanol–water partition coefficient (Wildman–Crippen LogP) is 2.63. The third kappa shape index (κ3) is 2.58. The van der Waals surface area contributed by atoms with Gasteiger partial charge in [0.05, 0.1) is 28.6 Å². The molecule has 2 heterocycles. The van der Waals surface area contributed by atoms with Crippen molar-refractivity contribution in [3.63, 3.8) is 0 Å². The van der Waals surface area contributed by atoms with Gasteiger partial charge in [0.15, 0.2) is 0 Å². The highest BCUT2D eigenvalue weighted by molar-refractivity contribution is 7.09. The van der Waals surface area contributed by atoms with Gasteiger partial charge in [-0.2, -0.15) is 0 Å². The summed E-state index contributed by atoms with van der Waals surface area (Å²) in [4.78, 5) is 8.49. The summed E-state index contributed by atoms with van der Waals surface area (Å²) in [7, 11) is 0. The van der Waals surface area contributed by atoms with E-state index in [2.05, 4.69) is 19.9 Å². The van der Waals surface area contributed by atoms with Crippen LogP contribution < -0.4 is 0 Å². The number of hydrogen-bond donors (Lipinski definition) is 0. The molecule has 2 aromatic rings. The van der Waals surface area contributed by atoms with Gasteiger partial charge in [-0.15, -0.1) is 22.9 Å². The normalized spacial score (nSPS) is 10.8. The van der Waals surface area contributed by atoms with E-state index in [9.17, 15) is 0 Å². The second-order valence-corrected chi connectivity index (χ2v) is 4.65. The number of aromatic nitrogens is 3. The van der Waals surface area contributed by atoms with Crippen LogP contribution in [0.1, 0.15) is 16.4 Å². The standard InChI is InChI=1S/C10H12ClN3S/c1-8-13-9(6-15-8)2-3-14-7-12-5-10(14)4-11/h5-7H,2-4H2,1H3. The van der Waals surface area contributed by atoms with Crippen LogP contribution in [0, 0.1) is 6.92 Å². The molecular formula is C10H12ClN3S. The van der Waals surface area contributed by atoms with Crippen molar-refractivity contribution in [2.24, 2.45) is 0 Å². The molecule has 0 N–H and O–H groups in total. The van der Waals surface area contributed by atoms with Gasteiger partial charge < -0.3 is 4.57 Å². The Hall–Kier alpha value is -0.870. The Morgan fingerprint density at radius 2 is 2.40 bits per heavy atom. The van der Waals surface area contributed by atoms with Crippen molar-refractivity contribution < 1.29 is 0 Å². The Balaban J connectivity index is 1.98. The van der Waals surface area contributed by atoms with Crippen molar-refractivity contribution in [2.45, 2.75) is 25.8 Å². The van der Waals surface area contributed by atoms with E-state index in [1.807, 2.05) is 13.3 Å². The average Bonchev–Trinajstić information content (AvgIpc) is 2.83. The maximum Gasteiger partial charge on any atom is 0.0948 e. The van der Waals surface area contributed by atoms with Gasteiger partial charge in [-0.3, -0.25) is 0 Å². The average molecular weight is 242 g/mol. The molecule has 80 valence electrons. The summed E-state index contributed by atoms with van der Waals surface area (Å²) in [5.74, 6) is 0.510. The van der Waals surface area contributed by atoms with Crippen LogP contribution in [0.3, 0.4) is 0 Å². The minimum atomic E-state index is 0.510. The zero-order valence-corrected chi connectivity index (χ0v) is 10.1. The fourth-order valence-electron chi connectivity index (χ4n) is 1.42. The number of aryl methyl sites for hydroxylation is 3. The molecule has 0 unspecified atom stereocenters.